The van der Waals surface area contributed by atoms with Gasteiger partial charge in [0.15, 0.2) is 0 Å². The Kier molecular flexibility index (Phi) is 5.71. The van der Waals surface area contributed by atoms with E-state index >= 15 is 0 Å². The van der Waals surface area contributed by atoms with Gasteiger partial charge in [-0.15, -0.1) is 0 Å². The first kappa shape index (κ1) is 17.8. The van der Waals surface area contributed by atoms with Gasteiger partial charge in [-0.1, -0.05) is 49.2 Å². The minimum absolute atomic E-state index is 0.176. The van der Waals surface area contributed by atoms with E-state index in [-0.39, 0.29) is 11.9 Å². The lowest BCUT2D eigenvalue weighted by atomic mass is 10.1. The fourth-order valence-corrected chi connectivity index (χ4v) is 2.93. The predicted octanol–water partition coefficient (Wildman–Crippen LogP) is 4.65. The molecule has 0 saturated heterocycles. The lowest BCUT2D eigenvalue weighted by molar-refractivity contribution is 0.0939. The van der Waals surface area contributed by atoms with Crippen molar-refractivity contribution in [3.05, 3.63) is 51.3 Å². The third-order valence-corrected chi connectivity index (χ3v) is 4.15. The number of carbonyl (C=O) groups excluding carboxylic acids is 1. The molecule has 0 saturated carbocycles. The first-order valence-corrected chi connectivity index (χ1v) is 8.34. The van der Waals surface area contributed by atoms with E-state index in [9.17, 15) is 4.79 Å². The van der Waals surface area contributed by atoms with Crippen LogP contribution < -0.4 is 5.32 Å². The molecule has 0 aliphatic rings. The van der Waals surface area contributed by atoms with Crippen LogP contribution in [0, 0.1) is 12.8 Å². The fraction of sp³-hybridized carbons (Fsp3) is 0.412. The predicted molar refractivity (Wildman–Crippen MR) is 94.1 cm³/mol. The number of amides is 1. The van der Waals surface area contributed by atoms with Gasteiger partial charge >= 0.3 is 0 Å². The molecule has 23 heavy (non-hydrogen) atoms. The Morgan fingerprint density at radius 3 is 2.61 bits per heavy atom. The zero-order chi connectivity index (χ0) is 17.1. The summed E-state index contributed by atoms with van der Waals surface area (Å²) in [6.07, 6.45) is 0. The molecule has 0 radical (unpaired) electrons. The van der Waals surface area contributed by atoms with E-state index in [4.69, 9.17) is 23.2 Å². The van der Waals surface area contributed by atoms with Gasteiger partial charge in [-0.2, -0.15) is 5.10 Å². The first-order valence-electron chi connectivity index (χ1n) is 7.58. The average molecular weight is 354 g/mol. The molecule has 2 aromatic rings. The normalized spacial score (nSPS) is 12.5. The molecular weight excluding hydrogens is 333 g/mol. The number of nitrogens with zero attached hydrogens (tertiary/aromatic N) is 2. The van der Waals surface area contributed by atoms with Crippen molar-refractivity contribution >= 4 is 29.1 Å². The van der Waals surface area contributed by atoms with Crippen LogP contribution in [0.1, 0.15) is 48.4 Å². The summed E-state index contributed by atoms with van der Waals surface area (Å²) in [4.78, 5) is 12.6. The molecule has 0 aliphatic heterocycles. The Morgan fingerprint density at radius 1 is 1.30 bits per heavy atom. The Bertz CT molecular complexity index is 710. The molecule has 6 heteroatoms. The highest BCUT2D eigenvalue weighted by Crippen LogP contribution is 2.23. The van der Waals surface area contributed by atoms with Crippen LogP contribution in [0.2, 0.25) is 10.2 Å². The number of aryl methyl sites for hydroxylation is 1. The van der Waals surface area contributed by atoms with Crippen molar-refractivity contribution in [1.82, 2.24) is 15.1 Å². The number of rotatable bonds is 5. The molecule has 0 spiro atoms. The summed E-state index contributed by atoms with van der Waals surface area (Å²) in [5, 5.41) is 8.34. The molecule has 1 heterocycles. The van der Waals surface area contributed by atoms with Crippen LogP contribution in [0.5, 0.6) is 0 Å². The maximum Gasteiger partial charge on any atom is 0.256 e. The summed E-state index contributed by atoms with van der Waals surface area (Å²) in [6, 6.07) is 7.25. The van der Waals surface area contributed by atoms with Crippen molar-refractivity contribution in [1.29, 1.82) is 0 Å². The maximum absolute atomic E-state index is 12.6. The summed E-state index contributed by atoms with van der Waals surface area (Å²) < 4.78 is 1.68. The SMILES string of the molecule is Cc1nn(CC(C)C)c(Cl)c1C(=O)N[C@@H](C)c1cccc(Cl)c1. The number of hydrogen-bond donors (Lipinski definition) is 1. The van der Waals surface area contributed by atoms with Crippen LogP contribution in [0.15, 0.2) is 24.3 Å². The molecular formula is C17H21Cl2N3O. The molecule has 4 nitrogen and oxygen atoms in total. The second kappa shape index (κ2) is 7.37. The Balaban J connectivity index is 2.19. The van der Waals surface area contributed by atoms with Crippen molar-refractivity contribution < 1.29 is 4.79 Å². The van der Waals surface area contributed by atoms with Crippen molar-refractivity contribution in [3.8, 4) is 0 Å². The van der Waals surface area contributed by atoms with E-state index in [2.05, 4.69) is 24.3 Å². The minimum Gasteiger partial charge on any atom is -0.345 e. The summed E-state index contributed by atoms with van der Waals surface area (Å²) >= 11 is 12.3. The molecule has 1 N–H and O–H groups in total. The highest BCUT2D eigenvalue weighted by molar-refractivity contribution is 6.33. The molecule has 1 amide bonds. The van der Waals surface area contributed by atoms with Crippen molar-refractivity contribution in [2.45, 2.75) is 40.3 Å². The summed E-state index contributed by atoms with van der Waals surface area (Å²) in [6.45, 7) is 8.53. The number of halogens is 2. The largest absolute Gasteiger partial charge is 0.345 e. The number of hydrogen-bond acceptors (Lipinski definition) is 2. The fourth-order valence-electron chi connectivity index (χ4n) is 2.41. The van der Waals surface area contributed by atoms with Crippen LogP contribution in [-0.4, -0.2) is 15.7 Å². The maximum atomic E-state index is 12.6. The average Bonchev–Trinajstić information content (AvgIpc) is 2.72. The van der Waals surface area contributed by atoms with Gasteiger partial charge in [0, 0.05) is 11.6 Å². The molecule has 0 fully saturated rings. The van der Waals surface area contributed by atoms with Gasteiger partial charge < -0.3 is 5.32 Å². The van der Waals surface area contributed by atoms with Crippen molar-refractivity contribution in [3.63, 3.8) is 0 Å². The molecule has 0 bridgehead atoms. The van der Waals surface area contributed by atoms with E-state index < -0.39 is 0 Å². The van der Waals surface area contributed by atoms with Crippen molar-refractivity contribution in [2.75, 3.05) is 0 Å². The Morgan fingerprint density at radius 2 is 2.00 bits per heavy atom. The second-order valence-corrected chi connectivity index (χ2v) is 6.87. The van der Waals surface area contributed by atoms with Crippen molar-refractivity contribution in [2.24, 2.45) is 5.92 Å². The number of benzene rings is 1. The van der Waals surface area contributed by atoms with Gasteiger partial charge in [0.25, 0.3) is 5.91 Å². The topological polar surface area (TPSA) is 46.9 Å². The highest BCUT2D eigenvalue weighted by Gasteiger charge is 2.22. The minimum atomic E-state index is -0.227. The van der Waals surface area contributed by atoms with Crippen LogP contribution in [0.4, 0.5) is 0 Å². The Hall–Kier alpha value is -1.52. The van der Waals surface area contributed by atoms with Gasteiger partial charge in [0.05, 0.1) is 17.3 Å². The number of aromatic nitrogens is 2. The van der Waals surface area contributed by atoms with Gasteiger partial charge in [-0.3, -0.25) is 9.48 Å². The van der Waals surface area contributed by atoms with Crippen LogP contribution >= 0.6 is 23.2 Å². The molecule has 124 valence electrons. The molecule has 1 aromatic heterocycles. The molecule has 2 rings (SSSR count). The van der Waals surface area contributed by atoms with Gasteiger partial charge in [-0.05, 0) is 37.5 Å². The van der Waals surface area contributed by atoms with Crippen LogP contribution in [0.25, 0.3) is 0 Å². The third-order valence-electron chi connectivity index (χ3n) is 3.53. The van der Waals surface area contributed by atoms with Gasteiger partial charge in [0.1, 0.15) is 5.15 Å². The standard InChI is InChI=1S/C17H21Cl2N3O/c1-10(2)9-22-16(19)15(12(4)21-22)17(23)20-11(3)13-6-5-7-14(18)8-13/h5-8,10-11H,9H2,1-4H3,(H,20,23)/t11-/m0/s1. The zero-order valence-corrected chi connectivity index (χ0v) is 15.2. The van der Waals surface area contributed by atoms with E-state index in [0.717, 1.165) is 5.56 Å². The summed E-state index contributed by atoms with van der Waals surface area (Å²) in [7, 11) is 0. The highest BCUT2D eigenvalue weighted by atomic mass is 35.5. The lowest BCUT2D eigenvalue weighted by Crippen LogP contribution is -2.27. The van der Waals surface area contributed by atoms with E-state index in [1.807, 2.05) is 25.1 Å². The van der Waals surface area contributed by atoms with E-state index in [1.165, 1.54) is 0 Å². The quantitative estimate of drug-likeness (QED) is 0.850. The lowest BCUT2D eigenvalue weighted by Gasteiger charge is -2.14. The monoisotopic (exact) mass is 353 g/mol. The summed E-state index contributed by atoms with van der Waals surface area (Å²) in [5.41, 5.74) is 2.00. The van der Waals surface area contributed by atoms with E-state index in [1.54, 1.807) is 17.7 Å². The first-order chi connectivity index (χ1) is 10.8. The number of carbonyl (C=O) groups is 1. The molecule has 0 unspecified atom stereocenters. The van der Waals surface area contributed by atoms with E-state index in [0.29, 0.717) is 33.9 Å². The number of nitrogens with one attached hydrogen (secondary N) is 1. The second-order valence-electron chi connectivity index (χ2n) is 6.08. The molecule has 0 aliphatic carbocycles. The van der Waals surface area contributed by atoms with Gasteiger partial charge in [0.2, 0.25) is 0 Å². The van der Waals surface area contributed by atoms with Crippen LogP contribution in [-0.2, 0) is 6.54 Å². The smallest absolute Gasteiger partial charge is 0.256 e. The van der Waals surface area contributed by atoms with Gasteiger partial charge in [-0.25, -0.2) is 0 Å². The molecule has 1 aromatic carbocycles. The summed E-state index contributed by atoms with van der Waals surface area (Å²) in [5.74, 6) is 0.170. The van der Waals surface area contributed by atoms with Crippen LogP contribution in [0.3, 0.4) is 0 Å². The molecule has 1 atom stereocenters. The third kappa shape index (κ3) is 4.27. The zero-order valence-electron chi connectivity index (χ0n) is 13.7. The Labute approximate surface area is 146 Å².